The molecular formula is C17H19BrO2. The van der Waals surface area contributed by atoms with Crippen LogP contribution in [0.3, 0.4) is 0 Å². The first kappa shape index (κ1) is 15.1. The van der Waals surface area contributed by atoms with Crippen LogP contribution in [-0.4, -0.2) is 5.11 Å². The summed E-state index contributed by atoms with van der Waals surface area (Å²) in [5, 5.41) is 9.55. The molecule has 0 aliphatic rings. The minimum absolute atomic E-state index is 0.478. The Morgan fingerprint density at radius 1 is 1.15 bits per heavy atom. The van der Waals surface area contributed by atoms with Crippen LogP contribution < -0.4 is 4.74 Å². The molecule has 0 saturated heterocycles. The molecule has 1 atom stereocenters. The summed E-state index contributed by atoms with van der Waals surface area (Å²) in [6.07, 6.45) is 1.76. The first-order chi connectivity index (χ1) is 9.60. The summed E-state index contributed by atoms with van der Waals surface area (Å²) in [5.41, 5.74) is 2.19. The predicted octanol–water partition coefficient (Wildman–Crippen LogP) is 5.25. The van der Waals surface area contributed by atoms with Crippen LogP contribution in [-0.2, 0) is 6.42 Å². The second kappa shape index (κ2) is 6.91. The Labute approximate surface area is 128 Å². The Morgan fingerprint density at radius 3 is 2.40 bits per heavy atom. The molecule has 0 radical (unpaired) electrons. The number of benzene rings is 2. The maximum absolute atomic E-state index is 9.55. The fraction of sp³-hybridized carbons (Fsp3) is 0.294. The minimum atomic E-state index is -0.478. The number of hydrogen-bond acceptors (Lipinski definition) is 2. The van der Waals surface area contributed by atoms with Crippen molar-refractivity contribution in [2.24, 2.45) is 0 Å². The quantitative estimate of drug-likeness (QED) is 0.809. The molecule has 1 N–H and O–H groups in total. The van der Waals surface area contributed by atoms with Crippen molar-refractivity contribution < 1.29 is 9.84 Å². The average molecular weight is 335 g/mol. The first-order valence-electron chi connectivity index (χ1n) is 6.84. The lowest BCUT2D eigenvalue weighted by Crippen LogP contribution is -1.92. The second-order valence-electron chi connectivity index (χ2n) is 4.86. The highest BCUT2D eigenvalue weighted by molar-refractivity contribution is 9.10. The van der Waals surface area contributed by atoms with E-state index in [-0.39, 0.29) is 0 Å². The van der Waals surface area contributed by atoms with E-state index in [0.717, 1.165) is 34.4 Å². The molecule has 0 fully saturated rings. The molecule has 2 nitrogen and oxygen atoms in total. The van der Waals surface area contributed by atoms with E-state index in [0.29, 0.717) is 0 Å². The van der Waals surface area contributed by atoms with Crippen LogP contribution in [0.4, 0.5) is 0 Å². The van der Waals surface area contributed by atoms with Gasteiger partial charge in [0.05, 0.1) is 10.6 Å². The van der Waals surface area contributed by atoms with Gasteiger partial charge < -0.3 is 9.84 Å². The van der Waals surface area contributed by atoms with Gasteiger partial charge in [-0.3, -0.25) is 0 Å². The molecule has 0 aliphatic heterocycles. The maximum atomic E-state index is 9.55. The van der Waals surface area contributed by atoms with Gasteiger partial charge in [0, 0.05) is 0 Å². The lowest BCUT2D eigenvalue weighted by molar-refractivity contribution is 0.199. The van der Waals surface area contributed by atoms with Crippen molar-refractivity contribution >= 4 is 15.9 Å². The molecule has 2 aromatic carbocycles. The zero-order chi connectivity index (χ0) is 14.5. The summed E-state index contributed by atoms with van der Waals surface area (Å²) in [6.45, 7) is 3.92. The Balaban J connectivity index is 2.13. The van der Waals surface area contributed by atoms with Crippen molar-refractivity contribution in [3.63, 3.8) is 0 Å². The topological polar surface area (TPSA) is 29.5 Å². The zero-order valence-electron chi connectivity index (χ0n) is 11.8. The number of aliphatic hydroxyl groups is 1. The molecule has 0 saturated carbocycles. The number of ether oxygens (including phenoxy) is 1. The summed E-state index contributed by atoms with van der Waals surface area (Å²) in [6, 6.07) is 13.8. The van der Waals surface area contributed by atoms with Gasteiger partial charge in [-0.15, -0.1) is 0 Å². The highest BCUT2D eigenvalue weighted by Crippen LogP contribution is 2.32. The van der Waals surface area contributed by atoms with E-state index in [1.165, 1.54) is 5.56 Å². The molecule has 2 rings (SSSR count). The van der Waals surface area contributed by atoms with Crippen LogP contribution in [0, 0.1) is 0 Å². The third-order valence-corrected chi connectivity index (χ3v) is 3.75. The molecule has 3 heteroatoms. The van der Waals surface area contributed by atoms with E-state index in [2.05, 4.69) is 35.0 Å². The molecule has 0 bridgehead atoms. The van der Waals surface area contributed by atoms with Gasteiger partial charge in [0.15, 0.2) is 0 Å². The monoisotopic (exact) mass is 334 g/mol. The molecule has 2 aromatic rings. The van der Waals surface area contributed by atoms with Gasteiger partial charge in [-0.25, -0.2) is 0 Å². The van der Waals surface area contributed by atoms with Gasteiger partial charge in [0.1, 0.15) is 11.5 Å². The number of aryl methyl sites for hydroxylation is 1. The lowest BCUT2D eigenvalue weighted by atomic mass is 10.1. The number of halogens is 1. The molecule has 106 valence electrons. The molecule has 0 aromatic heterocycles. The van der Waals surface area contributed by atoms with E-state index in [1.54, 1.807) is 6.92 Å². The largest absolute Gasteiger partial charge is 0.456 e. The van der Waals surface area contributed by atoms with Crippen LogP contribution in [0.5, 0.6) is 11.5 Å². The van der Waals surface area contributed by atoms with Gasteiger partial charge in [-0.2, -0.15) is 0 Å². The summed E-state index contributed by atoms with van der Waals surface area (Å²) >= 11 is 3.48. The van der Waals surface area contributed by atoms with Gasteiger partial charge in [0.2, 0.25) is 0 Å². The fourth-order valence-electron chi connectivity index (χ4n) is 2.00. The molecule has 0 amide bonds. The highest BCUT2D eigenvalue weighted by Gasteiger charge is 2.07. The predicted molar refractivity (Wildman–Crippen MR) is 85.3 cm³/mol. The first-order valence-corrected chi connectivity index (χ1v) is 7.63. The van der Waals surface area contributed by atoms with Crippen molar-refractivity contribution in [2.75, 3.05) is 0 Å². The Morgan fingerprint density at radius 2 is 1.85 bits per heavy atom. The normalized spacial score (nSPS) is 12.2. The third kappa shape index (κ3) is 3.84. The zero-order valence-corrected chi connectivity index (χ0v) is 13.4. The minimum Gasteiger partial charge on any atom is -0.456 e. The van der Waals surface area contributed by atoms with Crippen molar-refractivity contribution in [1.82, 2.24) is 0 Å². The molecular weight excluding hydrogens is 316 g/mol. The van der Waals surface area contributed by atoms with Gasteiger partial charge in [0.25, 0.3) is 0 Å². The number of rotatable bonds is 5. The maximum Gasteiger partial charge on any atom is 0.141 e. The summed E-state index contributed by atoms with van der Waals surface area (Å²) in [5.74, 6) is 1.56. The van der Waals surface area contributed by atoms with Crippen molar-refractivity contribution in [2.45, 2.75) is 32.8 Å². The summed E-state index contributed by atoms with van der Waals surface area (Å²) in [7, 11) is 0. The van der Waals surface area contributed by atoms with E-state index in [9.17, 15) is 5.11 Å². The molecule has 0 aliphatic carbocycles. The van der Waals surface area contributed by atoms with Crippen molar-refractivity contribution in [3.05, 3.63) is 58.1 Å². The highest BCUT2D eigenvalue weighted by atomic mass is 79.9. The number of aliphatic hydroxyl groups excluding tert-OH is 1. The van der Waals surface area contributed by atoms with E-state index < -0.39 is 6.10 Å². The van der Waals surface area contributed by atoms with Crippen molar-refractivity contribution in [3.8, 4) is 11.5 Å². The molecule has 20 heavy (non-hydrogen) atoms. The van der Waals surface area contributed by atoms with Crippen LogP contribution in [0.1, 0.15) is 37.5 Å². The fourth-order valence-corrected chi connectivity index (χ4v) is 2.48. The number of hydrogen-bond donors (Lipinski definition) is 1. The summed E-state index contributed by atoms with van der Waals surface area (Å²) < 4.78 is 6.69. The standard InChI is InChI=1S/C17H19BrO2/c1-3-4-13-5-8-15(9-6-13)20-17-10-7-14(12(2)19)11-16(17)18/h5-12,19H,3-4H2,1-2H3/t12-/m1/s1. The van der Waals surface area contributed by atoms with Crippen molar-refractivity contribution in [1.29, 1.82) is 0 Å². The smallest absolute Gasteiger partial charge is 0.141 e. The van der Waals surface area contributed by atoms with E-state index >= 15 is 0 Å². The summed E-state index contributed by atoms with van der Waals surface area (Å²) in [4.78, 5) is 0. The molecule has 0 heterocycles. The van der Waals surface area contributed by atoms with Crippen LogP contribution in [0.15, 0.2) is 46.9 Å². The molecule has 0 unspecified atom stereocenters. The average Bonchev–Trinajstić information content (AvgIpc) is 2.43. The second-order valence-corrected chi connectivity index (χ2v) is 5.72. The SMILES string of the molecule is CCCc1ccc(Oc2ccc([C@@H](C)O)cc2Br)cc1. The molecule has 0 spiro atoms. The van der Waals surface area contributed by atoms with Gasteiger partial charge in [-0.05, 0) is 64.7 Å². The third-order valence-electron chi connectivity index (χ3n) is 3.13. The van der Waals surface area contributed by atoms with Gasteiger partial charge in [-0.1, -0.05) is 31.5 Å². The van der Waals surface area contributed by atoms with Gasteiger partial charge >= 0.3 is 0 Å². The van der Waals surface area contributed by atoms with E-state index in [1.807, 2.05) is 30.3 Å². The van der Waals surface area contributed by atoms with Crippen LogP contribution >= 0.6 is 15.9 Å². The Hall–Kier alpha value is -1.32. The van der Waals surface area contributed by atoms with Crippen LogP contribution in [0.25, 0.3) is 0 Å². The Bertz CT molecular complexity index is 562. The Kier molecular flexibility index (Phi) is 5.21. The van der Waals surface area contributed by atoms with E-state index in [4.69, 9.17) is 4.74 Å². The lowest BCUT2D eigenvalue weighted by Gasteiger charge is -2.11. The van der Waals surface area contributed by atoms with Crippen LogP contribution in [0.2, 0.25) is 0 Å².